The van der Waals surface area contributed by atoms with Crippen molar-refractivity contribution < 1.29 is 36.2 Å². The number of alkyl halides is 6. The second-order valence-corrected chi connectivity index (χ2v) is 6.93. The first-order chi connectivity index (χ1) is 14.4. The van der Waals surface area contributed by atoms with Crippen LogP contribution >= 0.6 is 15.9 Å². The highest BCUT2D eigenvalue weighted by atomic mass is 79.9. The third-order valence-corrected chi connectivity index (χ3v) is 4.56. The lowest BCUT2D eigenvalue weighted by molar-refractivity contribution is -0.137. The molecule has 0 radical (unpaired) electrons. The molecule has 0 atom stereocenters. The maximum absolute atomic E-state index is 13.5. The van der Waals surface area contributed by atoms with Crippen molar-refractivity contribution in [3.8, 4) is 22.8 Å². The zero-order chi connectivity index (χ0) is 23.0. The molecule has 0 fully saturated rings. The normalized spacial score (nSPS) is 12.8. The van der Waals surface area contributed by atoms with Crippen LogP contribution in [0.2, 0.25) is 0 Å². The van der Waals surface area contributed by atoms with Gasteiger partial charge >= 0.3 is 18.3 Å². The van der Waals surface area contributed by atoms with Gasteiger partial charge in [-0.3, -0.25) is 0 Å². The molecule has 1 aromatic heterocycles. The fraction of sp³-hybridized carbons (Fsp3) is 0.105. The number of carboxylic acid groups (broad SMARTS) is 1. The Morgan fingerprint density at radius 2 is 1.39 bits per heavy atom. The molecule has 3 aromatic rings. The number of carboxylic acids is 1. The number of aromatic nitrogens is 3. The van der Waals surface area contributed by atoms with Crippen LogP contribution in [-0.2, 0) is 17.1 Å². The highest BCUT2D eigenvalue weighted by molar-refractivity contribution is 9.12. The third-order valence-electron chi connectivity index (χ3n) is 4.02. The van der Waals surface area contributed by atoms with Crippen molar-refractivity contribution in [1.29, 1.82) is 0 Å². The van der Waals surface area contributed by atoms with Crippen LogP contribution < -0.4 is 0 Å². The summed E-state index contributed by atoms with van der Waals surface area (Å²) >= 11 is 2.73. The number of aliphatic carboxylic acids is 1. The van der Waals surface area contributed by atoms with Crippen molar-refractivity contribution in [3.05, 3.63) is 64.1 Å². The number of halogens is 7. The highest BCUT2D eigenvalue weighted by Gasteiger charge is 2.36. The van der Waals surface area contributed by atoms with Crippen LogP contribution in [0.15, 0.2) is 53.0 Å². The minimum absolute atomic E-state index is 0.473. The van der Waals surface area contributed by atoms with E-state index in [1.807, 2.05) is 0 Å². The summed E-state index contributed by atoms with van der Waals surface area (Å²) in [6.07, 6.45) is -8.77. The average Bonchev–Trinajstić information content (AvgIpc) is 3.10. The van der Waals surface area contributed by atoms with E-state index in [4.69, 9.17) is 5.11 Å². The molecule has 0 aliphatic carbocycles. The lowest BCUT2D eigenvalue weighted by Gasteiger charge is -2.11. The Labute approximate surface area is 178 Å². The summed E-state index contributed by atoms with van der Waals surface area (Å²) in [6.45, 7) is 0. The summed E-state index contributed by atoms with van der Waals surface area (Å²) in [7, 11) is 0. The van der Waals surface area contributed by atoms with E-state index < -0.39 is 56.7 Å². The van der Waals surface area contributed by atoms with Crippen molar-refractivity contribution in [2.75, 3.05) is 0 Å². The lowest BCUT2D eigenvalue weighted by atomic mass is 10.1. The Kier molecular flexibility index (Phi) is 5.94. The van der Waals surface area contributed by atoms with Crippen LogP contribution in [0, 0.1) is 0 Å². The van der Waals surface area contributed by atoms with Crippen molar-refractivity contribution in [3.63, 3.8) is 0 Å². The van der Waals surface area contributed by atoms with Crippen LogP contribution in [0.5, 0.6) is 0 Å². The molecule has 0 unspecified atom stereocenters. The standard InChI is InChI=1S/C19H10BrF6N3O2/c20-14(17(30)31)9-29-16(11-6-2-4-8-13(11)19(24,25)26)27-15(28-29)10-5-1-3-7-12(10)18(21,22)23/h1-9H,(H,30,31)/b14-9-. The minimum Gasteiger partial charge on any atom is -0.477 e. The number of hydrogen-bond acceptors (Lipinski definition) is 3. The topological polar surface area (TPSA) is 68.0 Å². The van der Waals surface area contributed by atoms with E-state index in [0.29, 0.717) is 4.68 Å². The second kappa shape index (κ2) is 8.17. The molecule has 0 amide bonds. The minimum atomic E-state index is -4.80. The van der Waals surface area contributed by atoms with Crippen molar-refractivity contribution >= 4 is 28.1 Å². The van der Waals surface area contributed by atoms with Crippen molar-refractivity contribution in [2.24, 2.45) is 0 Å². The molecule has 0 saturated carbocycles. The fourth-order valence-corrected chi connectivity index (χ4v) is 2.92. The van der Waals surface area contributed by atoms with Gasteiger partial charge in [-0.25, -0.2) is 14.5 Å². The highest BCUT2D eigenvalue weighted by Crippen LogP contribution is 2.39. The number of rotatable bonds is 4. The molecule has 31 heavy (non-hydrogen) atoms. The molecule has 12 heteroatoms. The molecule has 0 spiro atoms. The first kappa shape index (κ1) is 22.5. The Morgan fingerprint density at radius 3 is 1.90 bits per heavy atom. The zero-order valence-electron chi connectivity index (χ0n) is 15.0. The van der Waals surface area contributed by atoms with E-state index in [9.17, 15) is 31.1 Å². The summed E-state index contributed by atoms with van der Waals surface area (Å²) in [5.41, 5.74) is -3.16. The molecule has 0 saturated heterocycles. The first-order valence-electron chi connectivity index (χ1n) is 8.30. The van der Waals surface area contributed by atoms with Gasteiger partial charge in [0.15, 0.2) is 11.6 Å². The van der Waals surface area contributed by atoms with Crippen LogP contribution in [0.4, 0.5) is 26.3 Å². The van der Waals surface area contributed by atoms with Gasteiger partial charge in [-0.15, -0.1) is 5.10 Å². The van der Waals surface area contributed by atoms with E-state index in [2.05, 4.69) is 26.0 Å². The van der Waals surface area contributed by atoms with Gasteiger partial charge in [-0.05, 0) is 28.1 Å². The number of carbonyl (C=O) groups is 1. The van der Waals surface area contributed by atoms with E-state index in [1.54, 1.807) is 0 Å². The number of benzene rings is 2. The van der Waals surface area contributed by atoms with Crippen LogP contribution in [0.25, 0.3) is 29.0 Å². The fourth-order valence-electron chi connectivity index (χ4n) is 2.72. The van der Waals surface area contributed by atoms with Gasteiger partial charge in [-0.2, -0.15) is 26.3 Å². The van der Waals surface area contributed by atoms with Gasteiger partial charge < -0.3 is 5.11 Å². The van der Waals surface area contributed by atoms with Crippen LogP contribution in [0.1, 0.15) is 11.1 Å². The molecule has 0 aliphatic heterocycles. The summed E-state index contributed by atoms with van der Waals surface area (Å²) in [4.78, 5) is 15.0. The average molecular weight is 506 g/mol. The van der Waals surface area contributed by atoms with E-state index >= 15 is 0 Å². The Balaban J connectivity index is 2.31. The predicted molar refractivity (Wildman–Crippen MR) is 102 cm³/mol. The molecule has 2 aromatic carbocycles. The lowest BCUT2D eigenvalue weighted by Crippen LogP contribution is -2.09. The van der Waals surface area contributed by atoms with E-state index in [0.717, 1.165) is 42.6 Å². The van der Waals surface area contributed by atoms with E-state index in [-0.39, 0.29) is 0 Å². The van der Waals surface area contributed by atoms with E-state index in [1.165, 1.54) is 12.1 Å². The van der Waals surface area contributed by atoms with Crippen molar-refractivity contribution in [1.82, 2.24) is 14.8 Å². The monoisotopic (exact) mass is 505 g/mol. The summed E-state index contributed by atoms with van der Waals surface area (Å²) in [6, 6.07) is 8.53. The summed E-state index contributed by atoms with van der Waals surface area (Å²) in [5, 5.41) is 12.9. The van der Waals surface area contributed by atoms with Crippen LogP contribution in [-0.4, -0.2) is 25.8 Å². The first-order valence-corrected chi connectivity index (χ1v) is 9.09. The predicted octanol–water partition coefficient (Wildman–Crippen LogP) is 5.93. The van der Waals surface area contributed by atoms with Gasteiger partial charge in [0.2, 0.25) is 0 Å². The van der Waals surface area contributed by atoms with Gasteiger partial charge in [0.1, 0.15) is 4.48 Å². The Bertz CT molecular complexity index is 1170. The van der Waals surface area contributed by atoms with Gasteiger partial charge in [0.05, 0.1) is 17.3 Å². The SMILES string of the molecule is O=C(O)/C(Br)=C/n1nc(-c2ccccc2C(F)(F)F)nc1-c1ccccc1C(F)(F)F. The smallest absolute Gasteiger partial charge is 0.417 e. The molecular formula is C19H10BrF6N3O2. The third kappa shape index (κ3) is 4.79. The molecule has 3 rings (SSSR count). The molecular weight excluding hydrogens is 496 g/mol. The maximum atomic E-state index is 13.5. The number of nitrogens with zero attached hydrogens (tertiary/aromatic N) is 3. The largest absolute Gasteiger partial charge is 0.477 e. The second-order valence-electron chi connectivity index (χ2n) is 6.07. The van der Waals surface area contributed by atoms with Gasteiger partial charge in [0.25, 0.3) is 0 Å². The quantitative estimate of drug-likeness (QED) is 0.352. The molecule has 0 bridgehead atoms. The van der Waals surface area contributed by atoms with Crippen LogP contribution in [0.3, 0.4) is 0 Å². The zero-order valence-corrected chi connectivity index (χ0v) is 16.6. The Morgan fingerprint density at radius 1 is 0.903 bits per heavy atom. The molecule has 0 aliphatic rings. The molecule has 1 heterocycles. The molecule has 162 valence electrons. The molecule has 5 nitrogen and oxygen atoms in total. The number of hydrogen-bond donors (Lipinski definition) is 1. The molecule has 1 N–H and O–H groups in total. The summed E-state index contributed by atoms with van der Waals surface area (Å²) < 4.78 is 80.8. The van der Waals surface area contributed by atoms with Gasteiger partial charge in [-0.1, -0.05) is 36.4 Å². The Hall–Kier alpha value is -3.15. The summed E-state index contributed by atoms with van der Waals surface area (Å²) in [5.74, 6) is -2.48. The maximum Gasteiger partial charge on any atom is 0.417 e. The van der Waals surface area contributed by atoms with Crippen molar-refractivity contribution in [2.45, 2.75) is 12.4 Å². The van der Waals surface area contributed by atoms with Gasteiger partial charge in [0, 0.05) is 11.1 Å².